The van der Waals surface area contributed by atoms with Gasteiger partial charge >= 0.3 is 0 Å². The Bertz CT molecular complexity index is 633. The van der Waals surface area contributed by atoms with Crippen LogP contribution in [0.15, 0.2) is 24.3 Å². The van der Waals surface area contributed by atoms with Gasteiger partial charge in [0.2, 0.25) is 18.1 Å². The number of carbonyl (C=O) groups excluding carboxylic acids is 3. The summed E-state index contributed by atoms with van der Waals surface area (Å²) < 4.78 is 0. The molecule has 1 aromatic rings. The van der Waals surface area contributed by atoms with E-state index in [1.165, 1.54) is 19.1 Å². The van der Waals surface area contributed by atoms with E-state index < -0.39 is 18.0 Å². The highest BCUT2D eigenvalue weighted by Crippen LogP contribution is 2.11. The van der Waals surface area contributed by atoms with E-state index in [1.54, 1.807) is 18.4 Å². The number of benzene rings is 1. The van der Waals surface area contributed by atoms with Crippen molar-refractivity contribution in [2.75, 3.05) is 6.54 Å². The Kier molecular flexibility index (Phi) is 8.62. The Labute approximate surface area is 151 Å². The molecule has 0 unspecified atom stereocenters. The Morgan fingerprint density at radius 3 is 2.46 bits per heavy atom. The molecule has 141 valence electrons. The monoisotopic (exact) mass is 362 g/mol. The van der Waals surface area contributed by atoms with Crippen LogP contribution in [0.3, 0.4) is 0 Å². The number of aromatic hydroxyl groups is 1. The lowest BCUT2D eigenvalue weighted by Gasteiger charge is -2.20. The maximum absolute atomic E-state index is 12.4. The molecule has 0 fully saturated rings. The Morgan fingerprint density at radius 1 is 1.27 bits per heavy atom. The summed E-state index contributed by atoms with van der Waals surface area (Å²) in [6, 6.07) is 4.59. The second-order valence-electron chi connectivity index (χ2n) is 5.79. The highest BCUT2D eigenvalue weighted by molar-refractivity contribution is 5.88. The minimum absolute atomic E-state index is 0.101. The molecule has 1 radical (unpaired) electrons. The van der Waals surface area contributed by atoms with Crippen LogP contribution in [-0.2, 0) is 20.8 Å². The standard InChI is InChI=1S/C17H24N5O4/c1-11(24)21-15(9-12-4-6-14(25)7-5-12)16(26)22-13(10-23)3-2-8-20-17(18)19/h4-7,13,15,25H,2-3,8-9H2,1H3,(H,21,24)(H,22,26)(H4,18,19,20)/t13-,15-/m0/s1. The Hall–Kier alpha value is -3.10. The minimum atomic E-state index is -0.858. The fourth-order valence-corrected chi connectivity index (χ4v) is 2.28. The number of carbonyl (C=O) groups is 2. The number of nitrogens with two attached hydrogens (primary N) is 1. The number of hydrogen-bond acceptors (Lipinski definition) is 5. The molecule has 9 heteroatoms. The van der Waals surface area contributed by atoms with Gasteiger partial charge in [0.25, 0.3) is 0 Å². The number of amides is 2. The third kappa shape index (κ3) is 8.13. The molecule has 0 aliphatic rings. The van der Waals surface area contributed by atoms with Crippen LogP contribution in [0.2, 0.25) is 0 Å². The lowest BCUT2D eigenvalue weighted by Crippen LogP contribution is -2.50. The quantitative estimate of drug-likeness (QED) is 0.183. The average molecular weight is 362 g/mol. The normalized spacial score (nSPS) is 12.5. The molecule has 0 heterocycles. The van der Waals surface area contributed by atoms with Gasteiger partial charge in [-0.1, -0.05) is 12.1 Å². The van der Waals surface area contributed by atoms with Crippen molar-refractivity contribution >= 4 is 24.1 Å². The summed E-state index contributed by atoms with van der Waals surface area (Å²) in [6.07, 6.45) is 2.80. The van der Waals surface area contributed by atoms with Crippen molar-refractivity contribution in [2.45, 2.75) is 38.3 Å². The van der Waals surface area contributed by atoms with Crippen LogP contribution in [0.4, 0.5) is 0 Å². The molecule has 0 aliphatic carbocycles. The third-order valence-corrected chi connectivity index (χ3v) is 3.51. The van der Waals surface area contributed by atoms with Gasteiger partial charge in [-0.3, -0.25) is 19.8 Å². The molecule has 0 spiro atoms. The van der Waals surface area contributed by atoms with Gasteiger partial charge in [-0.2, -0.15) is 0 Å². The largest absolute Gasteiger partial charge is 0.508 e. The van der Waals surface area contributed by atoms with Crippen LogP contribution < -0.4 is 21.7 Å². The SMILES string of the molecule is CC(=O)N[C@@H](Cc1ccc(O)cc1)C(=O)N[C@H]([C]=O)CCCNC(=N)N. The van der Waals surface area contributed by atoms with Gasteiger partial charge in [0.05, 0.1) is 6.04 Å². The van der Waals surface area contributed by atoms with Gasteiger partial charge < -0.3 is 26.8 Å². The maximum atomic E-state index is 12.4. The smallest absolute Gasteiger partial charge is 0.243 e. The van der Waals surface area contributed by atoms with Gasteiger partial charge in [0, 0.05) is 19.9 Å². The summed E-state index contributed by atoms with van der Waals surface area (Å²) >= 11 is 0. The van der Waals surface area contributed by atoms with E-state index in [2.05, 4.69) is 16.0 Å². The van der Waals surface area contributed by atoms with Crippen LogP contribution in [0.25, 0.3) is 0 Å². The van der Waals surface area contributed by atoms with Gasteiger partial charge in [-0.15, -0.1) is 0 Å². The van der Waals surface area contributed by atoms with Gasteiger partial charge in [-0.05, 0) is 30.5 Å². The summed E-state index contributed by atoms with van der Waals surface area (Å²) in [7, 11) is 0. The van der Waals surface area contributed by atoms with E-state index in [1.807, 2.05) is 0 Å². The molecule has 0 saturated carbocycles. The maximum Gasteiger partial charge on any atom is 0.243 e. The van der Waals surface area contributed by atoms with Crippen molar-refractivity contribution in [1.29, 1.82) is 5.41 Å². The van der Waals surface area contributed by atoms with Crippen molar-refractivity contribution in [3.05, 3.63) is 29.8 Å². The molecule has 2 amide bonds. The zero-order valence-corrected chi connectivity index (χ0v) is 14.5. The predicted molar refractivity (Wildman–Crippen MR) is 96.2 cm³/mol. The molecule has 0 saturated heterocycles. The number of guanidine groups is 1. The topological polar surface area (TPSA) is 157 Å². The van der Waals surface area contributed by atoms with E-state index in [4.69, 9.17) is 11.1 Å². The first kappa shape index (κ1) is 20.9. The van der Waals surface area contributed by atoms with Crippen molar-refractivity contribution in [3.63, 3.8) is 0 Å². The zero-order valence-electron chi connectivity index (χ0n) is 14.5. The fraction of sp³-hybridized carbons (Fsp3) is 0.412. The van der Waals surface area contributed by atoms with Gasteiger partial charge in [-0.25, -0.2) is 0 Å². The minimum Gasteiger partial charge on any atom is -0.508 e. The van der Waals surface area contributed by atoms with E-state index in [0.717, 1.165) is 5.56 Å². The summed E-state index contributed by atoms with van der Waals surface area (Å²) in [5, 5.41) is 24.1. The molecule has 1 rings (SSSR count). The second kappa shape index (κ2) is 10.7. The lowest BCUT2D eigenvalue weighted by atomic mass is 10.0. The van der Waals surface area contributed by atoms with Crippen molar-refractivity contribution in [2.24, 2.45) is 5.73 Å². The molecule has 1 aromatic carbocycles. The average Bonchev–Trinajstić information content (AvgIpc) is 2.58. The first-order valence-corrected chi connectivity index (χ1v) is 8.12. The summed E-state index contributed by atoms with van der Waals surface area (Å²) in [4.78, 5) is 34.9. The molecule has 0 bridgehead atoms. The zero-order chi connectivity index (χ0) is 19.5. The molecule has 26 heavy (non-hydrogen) atoms. The Morgan fingerprint density at radius 2 is 1.92 bits per heavy atom. The number of rotatable bonds is 10. The van der Waals surface area contributed by atoms with Crippen LogP contribution in [0, 0.1) is 5.41 Å². The molecule has 2 atom stereocenters. The van der Waals surface area contributed by atoms with Crippen LogP contribution in [0.1, 0.15) is 25.3 Å². The van der Waals surface area contributed by atoms with Crippen LogP contribution in [0.5, 0.6) is 5.75 Å². The summed E-state index contributed by atoms with van der Waals surface area (Å²) in [5.74, 6) is -0.938. The molecular weight excluding hydrogens is 338 g/mol. The number of phenols is 1. The van der Waals surface area contributed by atoms with E-state index in [0.29, 0.717) is 19.4 Å². The molecule has 0 aromatic heterocycles. The third-order valence-electron chi connectivity index (χ3n) is 3.51. The molecule has 9 nitrogen and oxygen atoms in total. The van der Waals surface area contributed by atoms with Crippen LogP contribution in [-0.4, -0.2) is 47.8 Å². The van der Waals surface area contributed by atoms with Gasteiger partial charge in [0.15, 0.2) is 5.96 Å². The molecular formula is C17H24N5O4. The van der Waals surface area contributed by atoms with Crippen molar-refractivity contribution in [1.82, 2.24) is 16.0 Å². The first-order chi connectivity index (χ1) is 12.3. The van der Waals surface area contributed by atoms with Crippen molar-refractivity contribution in [3.8, 4) is 5.75 Å². The highest BCUT2D eigenvalue weighted by atomic mass is 16.3. The molecule has 0 aliphatic heterocycles. The van der Waals surface area contributed by atoms with E-state index >= 15 is 0 Å². The van der Waals surface area contributed by atoms with Crippen molar-refractivity contribution < 1.29 is 19.5 Å². The highest BCUT2D eigenvalue weighted by Gasteiger charge is 2.22. The second-order valence-corrected chi connectivity index (χ2v) is 5.79. The summed E-state index contributed by atoms with van der Waals surface area (Å²) in [6.45, 7) is 1.69. The van der Waals surface area contributed by atoms with E-state index in [9.17, 15) is 19.5 Å². The number of hydrogen-bond donors (Lipinski definition) is 6. The number of phenolic OH excluding ortho intramolecular Hbond substituents is 1. The summed E-state index contributed by atoms with van der Waals surface area (Å²) in [5.41, 5.74) is 5.90. The van der Waals surface area contributed by atoms with E-state index in [-0.39, 0.29) is 24.0 Å². The Balaban J connectivity index is 2.65. The van der Waals surface area contributed by atoms with Gasteiger partial charge in [0.1, 0.15) is 11.8 Å². The first-order valence-electron chi connectivity index (χ1n) is 8.12. The lowest BCUT2D eigenvalue weighted by molar-refractivity contribution is -0.128. The predicted octanol–water partition coefficient (Wildman–Crippen LogP) is -0.703. The van der Waals surface area contributed by atoms with Crippen LogP contribution >= 0.6 is 0 Å². The molecule has 7 N–H and O–H groups in total. The fourth-order valence-electron chi connectivity index (χ4n) is 2.28. The number of nitrogens with one attached hydrogen (secondary N) is 4.